The summed E-state index contributed by atoms with van der Waals surface area (Å²) in [6.07, 6.45) is 1.50. The fraction of sp³-hybridized carbons (Fsp3) is 0.0909. The molecule has 0 atom stereocenters. The average Bonchev–Trinajstić information content (AvgIpc) is 2.31. The van der Waals surface area contributed by atoms with Gasteiger partial charge in [0.1, 0.15) is 4.64 Å². The number of hydrogen-bond acceptors (Lipinski definition) is 2. The molecule has 5 heteroatoms. The van der Waals surface area contributed by atoms with Gasteiger partial charge < -0.3 is 0 Å². The van der Waals surface area contributed by atoms with Gasteiger partial charge in [0.25, 0.3) is 0 Å². The van der Waals surface area contributed by atoms with Gasteiger partial charge in [0, 0.05) is 0 Å². The van der Waals surface area contributed by atoms with Crippen LogP contribution in [0, 0.1) is 4.64 Å². The summed E-state index contributed by atoms with van der Waals surface area (Å²) in [5, 5.41) is 4.89. The lowest BCUT2D eigenvalue weighted by Crippen LogP contribution is -2.06. The Morgan fingerprint density at radius 2 is 1.88 bits per heavy atom. The Kier molecular flexibility index (Phi) is 3.59. The fourth-order valence-corrected chi connectivity index (χ4v) is 1.87. The SMILES string of the molecule is S=c1c(Cl)c(Cl)cnn1Cc1ccccc1. The fourth-order valence-electron chi connectivity index (χ4n) is 1.31. The van der Waals surface area contributed by atoms with Gasteiger partial charge in [-0.1, -0.05) is 65.8 Å². The Bertz CT molecular complexity index is 552. The number of hydrogen-bond donors (Lipinski definition) is 0. The molecule has 0 unspecified atom stereocenters. The molecule has 0 aliphatic heterocycles. The van der Waals surface area contributed by atoms with Crippen molar-refractivity contribution in [3.05, 3.63) is 56.8 Å². The highest BCUT2D eigenvalue weighted by Gasteiger charge is 2.04. The molecule has 0 saturated heterocycles. The van der Waals surface area contributed by atoms with E-state index in [1.807, 2.05) is 30.3 Å². The Morgan fingerprint density at radius 3 is 2.56 bits per heavy atom. The van der Waals surface area contributed by atoms with Gasteiger partial charge in [0.05, 0.1) is 22.8 Å². The van der Waals surface area contributed by atoms with Crippen molar-refractivity contribution in [2.45, 2.75) is 6.54 Å². The highest BCUT2D eigenvalue weighted by atomic mass is 35.5. The topological polar surface area (TPSA) is 17.8 Å². The van der Waals surface area contributed by atoms with Gasteiger partial charge in [-0.15, -0.1) is 0 Å². The second-order valence-electron chi connectivity index (χ2n) is 3.25. The molecule has 82 valence electrons. The molecular formula is C11H8Cl2N2S. The summed E-state index contributed by atoms with van der Waals surface area (Å²) in [7, 11) is 0. The first-order chi connectivity index (χ1) is 7.68. The van der Waals surface area contributed by atoms with E-state index in [4.69, 9.17) is 35.4 Å². The van der Waals surface area contributed by atoms with Gasteiger partial charge in [0.2, 0.25) is 0 Å². The molecule has 0 N–H and O–H groups in total. The summed E-state index contributed by atoms with van der Waals surface area (Å²) in [5.74, 6) is 0. The standard InChI is InChI=1S/C11H8Cl2N2S/c12-9-6-14-15(11(16)10(9)13)7-8-4-2-1-3-5-8/h1-6H,7H2. The van der Waals surface area contributed by atoms with E-state index < -0.39 is 0 Å². The van der Waals surface area contributed by atoms with Gasteiger partial charge >= 0.3 is 0 Å². The van der Waals surface area contributed by atoms with Crippen LogP contribution in [0.4, 0.5) is 0 Å². The molecule has 0 spiro atoms. The van der Waals surface area contributed by atoms with Crippen molar-refractivity contribution in [2.75, 3.05) is 0 Å². The highest BCUT2D eigenvalue weighted by molar-refractivity contribution is 7.71. The second-order valence-corrected chi connectivity index (χ2v) is 4.43. The zero-order valence-electron chi connectivity index (χ0n) is 8.23. The molecule has 2 nitrogen and oxygen atoms in total. The summed E-state index contributed by atoms with van der Waals surface area (Å²) in [5.41, 5.74) is 1.12. The van der Waals surface area contributed by atoms with Gasteiger partial charge in [-0.05, 0) is 5.56 Å². The van der Waals surface area contributed by atoms with E-state index in [2.05, 4.69) is 5.10 Å². The first-order valence-corrected chi connectivity index (χ1v) is 5.80. The van der Waals surface area contributed by atoms with Crippen LogP contribution in [-0.2, 0) is 6.54 Å². The van der Waals surface area contributed by atoms with Gasteiger partial charge in [-0.2, -0.15) is 5.10 Å². The largest absolute Gasteiger partial charge is 0.249 e. The zero-order chi connectivity index (χ0) is 11.5. The Hall–Kier alpha value is -0.900. The van der Waals surface area contributed by atoms with E-state index >= 15 is 0 Å². The van der Waals surface area contributed by atoms with E-state index in [0.717, 1.165) is 5.56 Å². The van der Waals surface area contributed by atoms with Crippen LogP contribution in [0.25, 0.3) is 0 Å². The number of nitrogens with zero attached hydrogens (tertiary/aromatic N) is 2. The summed E-state index contributed by atoms with van der Waals surface area (Å²) in [6.45, 7) is 0.594. The minimum absolute atomic E-state index is 0.377. The van der Waals surface area contributed by atoms with Crippen molar-refractivity contribution in [1.29, 1.82) is 0 Å². The zero-order valence-corrected chi connectivity index (χ0v) is 10.6. The summed E-state index contributed by atoms with van der Waals surface area (Å²) >= 11 is 16.9. The van der Waals surface area contributed by atoms with E-state index in [-0.39, 0.29) is 0 Å². The molecule has 16 heavy (non-hydrogen) atoms. The van der Waals surface area contributed by atoms with E-state index in [1.165, 1.54) is 6.20 Å². The summed E-state index contributed by atoms with van der Waals surface area (Å²) < 4.78 is 2.11. The minimum atomic E-state index is 0.377. The Balaban J connectivity index is 2.37. The molecule has 0 amide bonds. The normalized spacial score (nSPS) is 10.4. The molecule has 0 saturated carbocycles. The number of rotatable bonds is 2. The molecule has 1 aromatic carbocycles. The lowest BCUT2D eigenvalue weighted by molar-refractivity contribution is 0.655. The molecule has 1 heterocycles. The molecule has 0 radical (unpaired) electrons. The third kappa shape index (κ3) is 2.43. The van der Waals surface area contributed by atoms with Crippen molar-refractivity contribution in [2.24, 2.45) is 0 Å². The maximum Gasteiger partial charge on any atom is 0.143 e. The number of halogens is 2. The third-order valence-electron chi connectivity index (χ3n) is 2.12. The van der Waals surface area contributed by atoms with Crippen LogP contribution in [0.3, 0.4) is 0 Å². The average molecular weight is 271 g/mol. The van der Waals surface area contributed by atoms with E-state index in [1.54, 1.807) is 4.68 Å². The molecule has 0 bridgehead atoms. The number of benzene rings is 1. The Morgan fingerprint density at radius 1 is 1.19 bits per heavy atom. The molecule has 2 aromatic rings. The maximum atomic E-state index is 5.95. The van der Waals surface area contributed by atoms with Crippen molar-refractivity contribution in [3.8, 4) is 0 Å². The lowest BCUT2D eigenvalue weighted by Gasteiger charge is -2.07. The molecule has 1 aromatic heterocycles. The van der Waals surface area contributed by atoms with Gasteiger partial charge in [-0.25, -0.2) is 4.68 Å². The van der Waals surface area contributed by atoms with Crippen LogP contribution >= 0.6 is 35.4 Å². The van der Waals surface area contributed by atoms with Crippen LogP contribution in [0.15, 0.2) is 36.5 Å². The van der Waals surface area contributed by atoms with Crippen molar-refractivity contribution in [3.63, 3.8) is 0 Å². The Labute approximate surface area is 108 Å². The maximum absolute atomic E-state index is 5.95. The lowest BCUT2D eigenvalue weighted by atomic mass is 10.2. The van der Waals surface area contributed by atoms with Gasteiger partial charge in [0.15, 0.2) is 0 Å². The predicted molar refractivity (Wildman–Crippen MR) is 68.6 cm³/mol. The highest BCUT2D eigenvalue weighted by Crippen LogP contribution is 2.21. The quantitative estimate of drug-likeness (QED) is 0.769. The minimum Gasteiger partial charge on any atom is -0.249 e. The molecule has 0 aliphatic rings. The summed E-state index contributed by atoms with van der Waals surface area (Å²) in [6, 6.07) is 9.91. The molecular weight excluding hydrogens is 263 g/mol. The summed E-state index contributed by atoms with van der Waals surface area (Å²) in [4.78, 5) is 0. The van der Waals surface area contributed by atoms with Gasteiger partial charge in [-0.3, -0.25) is 0 Å². The predicted octanol–water partition coefficient (Wildman–Crippen LogP) is 3.97. The first kappa shape index (κ1) is 11.6. The van der Waals surface area contributed by atoms with Crippen molar-refractivity contribution >= 4 is 35.4 Å². The van der Waals surface area contributed by atoms with Crippen molar-refractivity contribution in [1.82, 2.24) is 9.78 Å². The van der Waals surface area contributed by atoms with E-state index in [9.17, 15) is 0 Å². The van der Waals surface area contributed by atoms with Crippen LogP contribution in [0.1, 0.15) is 5.56 Å². The monoisotopic (exact) mass is 270 g/mol. The van der Waals surface area contributed by atoms with Crippen LogP contribution in [0.2, 0.25) is 10.0 Å². The second kappa shape index (κ2) is 4.95. The van der Waals surface area contributed by atoms with Crippen LogP contribution < -0.4 is 0 Å². The van der Waals surface area contributed by atoms with Crippen molar-refractivity contribution < 1.29 is 0 Å². The first-order valence-electron chi connectivity index (χ1n) is 4.63. The number of aromatic nitrogens is 2. The molecule has 0 fully saturated rings. The molecule has 2 rings (SSSR count). The smallest absolute Gasteiger partial charge is 0.143 e. The van der Waals surface area contributed by atoms with Crippen LogP contribution in [0.5, 0.6) is 0 Å². The van der Waals surface area contributed by atoms with E-state index in [0.29, 0.717) is 21.2 Å². The molecule has 0 aliphatic carbocycles. The third-order valence-corrected chi connectivity index (χ3v) is 3.41. The van der Waals surface area contributed by atoms with Crippen LogP contribution in [-0.4, -0.2) is 9.78 Å².